The fraction of sp³-hybridized carbons (Fsp3) is 1.00. The topological polar surface area (TPSA) is 26.3 Å². The molecule has 48 valence electrons. The van der Waals surface area contributed by atoms with Gasteiger partial charge in [0.1, 0.15) is 0 Å². The summed E-state index contributed by atoms with van der Waals surface area (Å²) in [7, 11) is 0. The molecule has 0 aromatic heterocycles. The molecule has 0 aliphatic carbocycles. The van der Waals surface area contributed by atoms with Gasteiger partial charge in [-0.2, -0.15) is 0 Å². The minimum absolute atomic E-state index is 0. The third-order valence-electron chi connectivity index (χ3n) is 1.57. The van der Waals surface area contributed by atoms with Crippen molar-refractivity contribution in [2.75, 3.05) is 26.2 Å². The standard InChI is InChI=1S/C6H12NO.K/c8-6-2-5-7-3-1-4-7;/h1-6H2;/q-1;+1. The number of hydrogen-bond donors (Lipinski definition) is 0. The van der Waals surface area contributed by atoms with Gasteiger partial charge in [-0.15, -0.1) is 6.61 Å². The predicted molar refractivity (Wildman–Crippen MR) is 30.5 cm³/mol. The minimum Gasteiger partial charge on any atom is -0.854 e. The van der Waals surface area contributed by atoms with Gasteiger partial charge < -0.3 is 10.0 Å². The summed E-state index contributed by atoms with van der Waals surface area (Å²) in [5.41, 5.74) is 0. The predicted octanol–water partition coefficient (Wildman–Crippen LogP) is -3.55. The molecule has 0 amide bonds. The molecular formula is C6H12KNO. The van der Waals surface area contributed by atoms with Crippen LogP contribution in [0, 0.1) is 0 Å². The molecule has 0 aromatic rings. The van der Waals surface area contributed by atoms with Crippen LogP contribution in [0.3, 0.4) is 0 Å². The molecule has 0 spiro atoms. The Labute approximate surface area is 99.0 Å². The number of likely N-dealkylation sites (tertiary alicyclic amines) is 1. The summed E-state index contributed by atoms with van der Waals surface area (Å²) in [4.78, 5) is 2.32. The van der Waals surface area contributed by atoms with Crippen LogP contribution in [-0.4, -0.2) is 31.1 Å². The average molecular weight is 153 g/mol. The maximum absolute atomic E-state index is 9.95. The van der Waals surface area contributed by atoms with E-state index in [-0.39, 0.29) is 58.0 Å². The van der Waals surface area contributed by atoms with Crippen molar-refractivity contribution in [1.29, 1.82) is 0 Å². The molecule has 0 aromatic carbocycles. The van der Waals surface area contributed by atoms with Crippen LogP contribution in [0.15, 0.2) is 0 Å². The SMILES string of the molecule is [K+].[O-]CCCN1CCC1. The number of rotatable bonds is 3. The minimum atomic E-state index is 0. The van der Waals surface area contributed by atoms with E-state index in [4.69, 9.17) is 0 Å². The molecule has 1 rings (SSSR count). The van der Waals surface area contributed by atoms with Crippen molar-refractivity contribution in [2.24, 2.45) is 0 Å². The van der Waals surface area contributed by atoms with Gasteiger partial charge in [0, 0.05) is 0 Å². The number of nitrogens with zero attached hydrogens (tertiary/aromatic N) is 1. The fourth-order valence-corrected chi connectivity index (χ4v) is 0.893. The van der Waals surface area contributed by atoms with Crippen molar-refractivity contribution in [1.82, 2.24) is 4.90 Å². The molecule has 9 heavy (non-hydrogen) atoms. The zero-order valence-electron chi connectivity index (χ0n) is 6.10. The van der Waals surface area contributed by atoms with Crippen molar-refractivity contribution >= 4 is 0 Å². The average Bonchev–Trinajstić information content (AvgIpc) is 1.63. The third kappa shape index (κ3) is 4.09. The zero-order chi connectivity index (χ0) is 5.82. The van der Waals surface area contributed by atoms with Crippen LogP contribution in [0.5, 0.6) is 0 Å². The van der Waals surface area contributed by atoms with E-state index in [9.17, 15) is 5.11 Å². The van der Waals surface area contributed by atoms with Crippen molar-refractivity contribution in [3.8, 4) is 0 Å². The molecule has 1 saturated heterocycles. The van der Waals surface area contributed by atoms with Crippen LogP contribution < -0.4 is 56.5 Å². The van der Waals surface area contributed by atoms with E-state index in [1.54, 1.807) is 0 Å². The van der Waals surface area contributed by atoms with Gasteiger partial charge in [-0.1, -0.05) is 6.42 Å². The fourth-order valence-electron chi connectivity index (χ4n) is 0.893. The Hall–Kier alpha value is 1.56. The van der Waals surface area contributed by atoms with Gasteiger partial charge in [0.05, 0.1) is 0 Å². The quantitative estimate of drug-likeness (QED) is 0.392. The Morgan fingerprint density at radius 1 is 1.33 bits per heavy atom. The Morgan fingerprint density at radius 2 is 2.00 bits per heavy atom. The van der Waals surface area contributed by atoms with Crippen molar-refractivity contribution in [3.63, 3.8) is 0 Å². The second-order valence-electron chi connectivity index (χ2n) is 2.25. The van der Waals surface area contributed by atoms with Gasteiger partial charge in [-0.25, -0.2) is 0 Å². The molecule has 0 saturated carbocycles. The van der Waals surface area contributed by atoms with Crippen LogP contribution in [0.4, 0.5) is 0 Å². The molecule has 0 bridgehead atoms. The van der Waals surface area contributed by atoms with E-state index in [1.807, 2.05) is 0 Å². The monoisotopic (exact) mass is 153 g/mol. The van der Waals surface area contributed by atoms with Gasteiger partial charge in [-0.05, 0) is 26.1 Å². The Morgan fingerprint density at radius 3 is 2.33 bits per heavy atom. The van der Waals surface area contributed by atoms with Gasteiger partial charge in [0.15, 0.2) is 0 Å². The van der Waals surface area contributed by atoms with E-state index in [2.05, 4.69) is 4.90 Å². The Bertz CT molecular complexity index is 66.1. The van der Waals surface area contributed by atoms with E-state index < -0.39 is 0 Å². The van der Waals surface area contributed by atoms with Crippen LogP contribution >= 0.6 is 0 Å². The van der Waals surface area contributed by atoms with Crippen molar-refractivity contribution in [2.45, 2.75) is 12.8 Å². The van der Waals surface area contributed by atoms with E-state index >= 15 is 0 Å². The molecule has 0 N–H and O–H groups in total. The second kappa shape index (κ2) is 6.28. The molecular weight excluding hydrogens is 141 g/mol. The van der Waals surface area contributed by atoms with Crippen LogP contribution in [0.2, 0.25) is 0 Å². The first-order valence-electron chi connectivity index (χ1n) is 3.24. The summed E-state index contributed by atoms with van der Waals surface area (Å²) >= 11 is 0. The summed E-state index contributed by atoms with van der Waals surface area (Å²) in [6.45, 7) is 3.57. The summed E-state index contributed by atoms with van der Waals surface area (Å²) in [5.74, 6) is 0. The van der Waals surface area contributed by atoms with Crippen LogP contribution in [0.25, 0.3) is 0 Å². The Kier molecular flexibility index (Phi) is 7.36. The third-order valence-corrected chi connectivity index (χ3v) is 1.57. The molecule has 1 heterocycles. The van der Waals surface area contributed by atoms with Crippen molar-refractivity contribution in [3.05, 3.63) is 0 Å². The van der Waals surface area contributed by atoms with Gasteiger partial charge in [0.25, 0.3) is 0 Å². The second-order valence-corrected chi connectivity index (χ2v) is 2.25. The molecule has 0 unspecified atom stereocenters. The maximum atomic E-state index is 9.95. The molecule has 0 radical (unpaired) electrons. The van der Waals surface area contributed by atoms with Gasteiger partial charge >= 0.3 is 51.4 Å². The van der Waals surface area contributed by atoms with Gasteiger partial charge in [0.2, 0.25) is 0 Å². The van der Waals surface area contributed by atoms with Gasteiger partial charge in [-0.3, -0.25) is 0 Å². The molecule has 2 nitrogen and oxygen atoms in total. The molecule has 1 fully saturated rings. The normalized spacial score (nSPS) is 18.3. The van der Waals surface area contributed by atoms with E-state index in [0.717, 1.165) is 13.0 Å². The zero-order valence-corrected chi connectivity index (χ0v) is 9.22. The number of hydrogen-bond acceptors (Lipinski definition) is 2. The van der Waals surface area contributed by atoms with E-state index in [0.29, 0.717) is 0 Å². The first-order valence-corrected chi connectivity index (χ1v) is 3.24. The maximum Gasteiger partial charge on any atom is 1.00 e. The summed E-state index contributed by atoms with van der Waals surface area (Å²) in [6, 6.07) is 0. The summed E-state index contributed by atoms with van der Waals surface area (Å²) in [5, 5.41) is 9.95. The molecule has 1 aliphatic rings. The summed E-state index contributed by atoms with van der Waals surface area (Å²) in [6.07, 6.45) is 2.17. The largest absolute Gasteiger partial charge is 1.00 e. The molecule has 3 heteroatoms. The van der Waals surface area contributed by atoms with Crippen LogP contribution in [0.1, 0.15) is 12.8 Å². The molecule has 0 atom stereocenters. The smallest absolute Gasteiger partial charge is 0.854 e. The van der Waals surface area contributed by atoms with E-state index in [1.165, 1.54) is 19.5 Å². The Balaban J connectivity index is 0.000000640. The van der Waals surface area contributed by atoms with Crippen LogP contribution in [-0.2, 0) is 0 Å². The first-order chi connectivity index (χ1) is 3.93. The molecule has 1 aliphatic heterocycles. The first kappa shape index (κ1) is 10.6. The summed E-state index contributed by atoms with van der Waals surface area (Å²) < 4.78 is 0. The van der Waals surface area contributed by atoms with Crippen molar-refractivity contribution < 1.29 is 56.5 Å².